The number of nitrogens with one attached hydrogen (secondary N) is 1. The van der Waals surface area contributed by atoms with Gasteiger partial charge in [0.15, 0.2) is 0 Å². The summed E-state index contributed by atoms with van der Waals surface area (Å²) in [5, 5.41) is 11.5. The molecule has 1 amide bonds. The Morgan fingerprint density at radius 3 is 2.25 bits per heavy atom. The molecule has 2 atom stereocenters. The fourth-order valence-corrected chi connectivity index (χ4v) is 1.54. The summed E-state index contributed by atoms with van der Waals surface area (Å²) in [6.45, 7) is 7.94. The molecule has 0 aliphatic rings. The Morgan fingerprint density at radius 1 is 1.31 bits per heavy atom. The van der Waals surface area contributed by atoms with Gasteiger partial charge in [-0.3, -0.25) is 14.5 Å². The lowest BCUT2D eigenvalue weighted by molar-refractivity contribution is -0.140. The average molecular weight is 230 g/mol. The summed E-state index contributed by atoms with van der Waals surface area (Å²) in [6.07, 6.45) is 0.816. The lowest BCUT2D eigenvalue weighted by Gasteiger charge is -2.31. The largest absolute Gasteiger partial charge is 0.480 e. The fraction of sp³-hybridized carbons (Fsp3) is 0.818. The number of amides is 1. The topological polar surface area (TPSA) is 69.6 Å². The highest BCUT2D eigenvalue weighted by molar-refractivity contribution is 5.82. The summed E-state index contributed by atoms with van der Waals surface area (Å²) in [7, 11) is 0. The van der Waals surface area contributed by atoms with E-state index in [1.54, 1.807) is 11.8 Å². The third-order valence-corrected chi connectivity index (χ3v) is 2.70. The molecule has 2 unspecified atom stereocenters. The Balaban J connectivity index is 4.60. The van der Waals surface area contributed by atoms with Crippen molar-refractivity contribution < 1.29 is 14.7 Å². The van der Waals surface area contributed by atoms with Gasteiger partial charge in [0, 0.05) is 12.6 Å². The van der Waals surface area contributed by atoms with Crippen LogP contribution in [0, 0.1) is 0 Å². The maximum absolute atomic E-state index is 11.6. The zero-order chi connectivity index (χ0) is 12.7. The van der Waals surface area contributed by atoms with Gasteiger partial charge in [-0.25, -0.2) is 0 Å². The number of carbonyl (C=O) groups excluding carboxylic acids is 1. The van der Waals surface area contributed by atoms with E-state index in [1.165, 1.54) is 0 Å². The third kappa shape index (κ3) is 4.61. The maximum atomic E-state index is 11.6. The smallest absolute Gasteiger partial charge is 0.317 e. The summed E-state index contributed by atoms with van der Waals surface area (Å²) in [4.78, 5) is 24.1. The molecular formula is C11H22N2O3. The molecule has 2 N–H and O–H groups in total. The molecule has 0 spiro atoms. The summed E-state index contributed by atoms with van der Waals surface area (Å²) in [6, 6.07) is -0.334. The molecule has 5 nitrogen and oxygen atoms in total. The number of hydrogen-bond donors (Lipinski definition) is 2. The van der Waals surface area contributed by atoms with Crippen molar-refractivity contribution in [1.82, 2.24) is 10.2 Å². The van der Waals surface area contributed by atoms with Crippen LogP contribution in [0.1, 0.15) is 34.1 Å². The van der Waals surface area contributed by atoms with Gasteiger partial charge in [-0.15, -0.1) is 0 Å². The van der Waals surface area contributed by atoms with E-state index in [0.29, 0.717) is 6.54 Å². The van der Waals surface area contributed by atoms with Gasteiger partial charge in [0.2, 0.25) is 5.91 Å². The number of hydrogen-bond acceptors (Lipinski definition) is 3. The normalized spacial score (nSPS) is 14.6. The van der Waals surface area contributed by atoms with Crippen molar-refractivity contribution in [3.05, 3.63) is 0 Å². The molecular weight excluding hydrogens is 208 g/mol. The first kappa shape index (κ1) is 14.9. The van der Waals surface area contributed by atoms with Crippen LogP contribution in [0.15, 0.2) is 0 Å². The molecule has 0 bridgehead atoms. The minimum absolute atomic E-state index is 0.0775. The second-order valence-electron chi connectivity index (χ2n) is 3.89. The number of aliphatic carboxylic acids is 1. The van der Waals surface area contributed by atoms with Crippen molar-refractivity contribution in [3.63, 3.8) is 0 Å². The minimum Gasteiger partial charge on any atom is -0.480 e. The predicted octanol–water partition coefficient (Wildman–Crippen LogP) is 0.696. The van der Waals surface area contributed by atoms with Crippen LogP contribution in [0.4, 0.5) is 0 Å². The van der Waals surface area contributed by atoms with E-state index in [9.17, 15) is 9.59 Å². The standard InChI is InChI=1S/C11H22N2O3/c1-5-8(3)13(7-10(14)15)9(4)11(16)12-6-2/h8-9H,5-7H2,1-4H3,(H,12,16)(H,14,15). The first-order valence-electron chi connectivity index (χ1n) is 5.69. The highest BCUT2D eigenvalue weighted by Crippen LogP contribution is 2.08. The van der Waals surface area contributed by atoms with Crippen LogP contribution in [0.25, 0.3) is 0 Å². The number of rotatable bonds is 7. The van der Waals surface area contributed by atoms with Crippen molar-refractivity contribution in [2.75, 3.05) is 13.1 Å². The number of carbonyl (C=O) groups is 2. The van der Waals surface area contributed by atoms with Crippen molar-refractivity contribution >= 4 is 11.9 Å². The highest BCUT2D eigenvalue weighted by Gasteiger charge is 2.26. The second-order valence-corrected chi connectivity index (χ2v) is 3.89. The number of carboxylic acid groups (broad SMARTS) is 1. The quantitative estimate of drug-likeness (QED) is 0.675. The molecule has 0 aromatic carbocycles. The fourth-order valence-electron chi connectivity index (χ4n) is 1.54. The van der Waals surface area contributed by atoms with Crippen molar-refractivity contribution in [2.45, 2.75) is 46.2 Å². The molecule has 0 aromatic heterocycles. The summed E-state index contributed by atoms with van der Waals surface area (Å²) >= 11 is 0. The van der Waals surface area contributed by atoms with Gasteiger partial charge in [0.1, 0.15) is 0 Å². The van der Waals surface area contributed by atoms with E-state index in [1.807, 2.05) is 20.8 Å². The predicted molar refractivity (Wildman–Crippen MR) is 62.2 cm³/mol. The van der Waals surface area contributed by atoms with Gasteiger partial charge in [0.25, 0.3) is 0 Å². The van der Waals surface area contributed by atoms with Gasteiger partial charge in [-0.05, 0) is 27.2 Å². The first-order chi connectivity index (χ1) is 7.43. The molecule has 0 heterocycles. The summed E-state index contributed by atoms with van der Waals surface area (Å²) < 4.78 is 0. The van der Waals surface area contributed by atoms with E-state index >= 15 is 0 Å². The molecule has 0 fully saturated rings. The van der Waals surface area contributed by atoms with E-state index in [2.05, 4.69) is 5.32 Å². The van der Waals surface area contributed by atoms with Crippen molar-refractivity contribution in [1.29, 1.82) is 0 Å². The Kier molecular flexibility index (Phi) is 6.72. The van der Waals surface area contributed by atoms with E-state index in [4.69, 9.17) is 5.11 Å². The van der Waals surface area contributed by atoms with Gasteiger partial charge in [-0.2, -0.15) is 0 Å². The summed E-state index contributed by atoms with van der Waals surface area (Å²) in [5.74, 6) is -1.03. The van der Waals surface area contributed by atoms with E-state index < -0.39 is 12.0 Å². The zero-order valence-electron chi connectivity index (χ0n) is 10.5. The third-order valence-electron chi connectivity index (χ3n) is 2.70. The number of likely N-dealkylation sites (N-methyl/N-ethyl adjacent to an activating group) is 1. The van der Waals surface area contributed by atoms with Crippen LogP contribution < -0.4 is 5.32 Å². The zero-order valence-corrected chi connectivity index (χ0v) is 10.5. The monoisotopic (exact) mass is 230 g/mol. The van der Waals surface area contributed by atoms with Gasteiger partial charge < -0.3 is 10.4 Å². The first-order valence-corrected chi connectivity index (χ1v) is 5.69. The van der Waals surface area contributed by atoms with Crippen LogP contribution in [0.5, 0.6) is 0 Å². The Bertz CT molecular complexity index is 243. The molecule has 0 aromatic rings. The molecule has 0 rings (SSSR count). The number of nitrogens with zero attached hydrogens (tertiary/aromatic N) is 1. The molecule has 5 heteroatoms. The van der Waals surface area contributed by atoms with E-state index in [0.717, 1.165) is 6.42 Å². The van der Waals surface area contributed by atoms with E-state index in [-0.39, 0.29) is 18.5 Å². The Hall–Kier alpha value is -1.10. The Morgan fingerprint density at radius 2 is 1.88 bits per heavy atom. The molecule has 0 aliphatic carbocycles. The molecule has 0 aliphatic heterocycles. The van der Waals surface area contributed by atoms with Crippen molar-refractivity contribution in [2.24, 2.45) is 0 Å². The molecule has 0 radical (unpaired) electrons. The molecule has 94 valence electrons. The SMILES string of the molecule is CCNC(=O)C(C)N(CC(=O)O)C(C)CC. The van der Waals surface area contributed by atoms with Crippen LogP contribution in [0.2, 0.25) is 0 Å². The molecule has 16 heavy (non-hydrogen) atoms. The molecule has 0 saturated carbocycles. The molecule has 0 saturated heterocycles. The minimum atomic E-state index is -0.906. The van der Waals surface area contributed by atoms with Gasteiger partial charge in [0.05, 0.1) is 12.6 Å². The van der Waals surface area contributed by atoms with Crippen LogP contribution in [0.3, 0.4) is 0 Å². The van der Waals surface area contributed by atoms with Gasteiger partial charge >= 0.3 is 5.97 Å². The summed E-state index contributed by atoms with van der Waals surface area (Å²) in [5.41, 5.74) is 0. The number of carboxylic acids is 1. The van der Waals surface area contributed by atoms with Gasteiger partial charge in [-0.1, -0.05) is 6.92 Å². The second kappa shape index (κ2) is 7.22. The lowest BCUT2D eigenvalue weighted by Crippen LogP contribution is -2.50. The maximum Gasteiger partial charge on any atom is 0.317 e. The highest BCUT2D eigenvalue weighted by atomic mass is 16.4. The lowest BCUT2D eigenvalue weighted by atomic mass is 10.1. The van der Waals surface area contributed by atoms with Crippen LogP contribution >= 0.6 is 0 Å². The van der Waals surface area contributed by atoms with Crippen LogP contribution in [-0.2, 0) is 9.59 Å². The Labute approximate surface area is 96.8 Å². The average Bonchev–Trinajstić information content (AvgIpc) is 2.24. The van der Waals surface area contributed by atoms with Crippen LogP contribution in [-0.4, -0.2) is 47.1 Å². The van der Waals surface area contributed by atoms with Crippen molar-refractivity contribution in [3.8, 4) is 0 Å².